The van der Waals surface area contributed by atoms with Gasteiger partial charge in [0.15, 0.2) is 5.76 Å². The van der Waals surface area contributed by atoms with Gasteiger partial charge in [-0.1, -0.05) is 30.3 Å². The molecule has 1 N–H and O–H groups in total. The quantitative estimate of drug-likeness (QED) is 0.784. The number of para-hydroxylation sites is 1. The zero-order valence-corrected chi connectivity index (χ0v) is 14.1. The molecule has 0 unspecified atom stereocenters. The van der Waals surface area contributed by atoms with Crippen molar-refractivity contribution < 1.29 is 14.0 Å². The molecule has 0 saturated carbocycles. The van der Waals surface area contributed by atoms with E-state index in [-0.39, 0.29) is 17.6 Å². The molecule has 26 heavy (non-hydrogen) atoms. The van der Waals surface area contributed by atoms with Gasteiger partial charge in [0, 0.05) is 17.9 Å². The van der Waals surface area contributed by atoms with Crippen molar-refractivity contribution in [2.75, 3.05) is 16.8 Å². The molecule has 2 aromatic carbocycles. The average Bonchev–Trinajstić information content (AvgIpc) is 3.33. The van der Waals surface area contributed by atoms with Gasteiger partial charge in [-0.3, -0.25) is 9.59 Å². The van der Waals surface area contributed by atoms with E-state index in [0.717, 1.165) is 24.2 Å². The zero-order chi connectivity index (χ0) is 17.9. The van der Waals surface area contributed by atoms with Crippen molar-refractivity contribution in [2.45, 2.75) is 12.8 Å². The molecule has 0 atom stereocenters. The molecule has 5 heteroatoms. The van der Waals surface area contributed by atoms with Gasteiger partial charge in [0.2, 0.25) is 5.91 Å². The summed E-state index contributed by atoms with van der Waals surface area (Å²) in [6.07, 6.45) is 2.69. The van der Waals surface area contributed by atoms with Crippen LogP contribution in [0.3, 0.4) is 0 Å². The summed E-state index contributed by atoms with van der Waals surface area (Å²) in [6.45, 7) is 0.732. The maximum absolute atomic E-state index is 12.6. The molecule has 0 spiro atoms. The number of benzene rings is 2. The first-order valence-corrected chi connectivity index (χ1v) is 8.53. The fourth-order valence-electron chi connectivity index (χ4n) is 3.17. The molecule has 0 bridgehead atoms. The first kappa shape index (κ1) is 16.1. The van der Waals surface area contributed by atoms with Crippen molar-refractivity contribution in [1.82, 2.24) is 0 Å². The third-order valence-electron chi connectivity index (χ3n) is 4.50. The fourth-order valence-corrected chi connectivity index (χ4v) is 3.17. The fraction of sp³-hybridized carbons (Fsp3) is 0.143. The zero-order valence-electron chi connectivity index (χ0n) is 14.1. The maximum atomic E-state index is 12.6. The Morgan fingerprint density at radius 3 is 2.58 bits per heavy atom. The van der Waals surface area contributed by atoms with Crippen LogP contribution >= 0.6 is 0 Å². The van der Waals surface area contributed by atoms with E-state index in [4.69, 9.17) is 4.42 Å². The van der Waals surface area contributed by atoms with Crippen molar-refractivity contribution in [3.63, 3.8) is 0 Å². The van der Waals surface area contributed by atoms with E-state index in [0.29, 0.717) is 12.1 Å². The SMILES string of the molecule is O=C(Nc1ccc(CC(=O)N2CCc3ccccc32)cc1)c1ccco1. The van der Waals surface area contributed by atoms with E-state index in [2.05, 4.69) is 11.4 Å². The van der Waals surface area contributed by atoms with Gasteiger partial charge >= 0.3 is 0 Å². The number of carbonyl (C=O) groups is 2. The van der Waals surface area contributed by atoms with Crippen molar-refractivity contribution in [1.29, 1.82) is 0 Å². The van der Waals surface area contributed by atoms with Crippen LogP contribution in [0.25, 0.3) is 0 Å². The van der Waals surface area contributed by atoms with Crippen LogP contribution in [-0.4, -0.2) is 18.4 Å². The van der Waals surface area contributed by atoms with Crippen LogP contribution in [0.2, 0.25) is 0 Å². The van der Waals surface area contributed by atoms with Crippen molar-refractivity contribution in [2.24, 2.45) is 0 Å². The summed E-state index contributed by atoms with van der Waals surface area (Å²) >= 11 is 0. The Bertz CT molecular complexity index is 930. The number of hydrogen-bond donors (Lipinski definition) is 1. The molecule has 130 valence electrons. The van der Waals surface area contributed by atoms with E-state index in [9.17, 15) is 9.59 Å². The van der Waals surface area contributed by atoms with Gasteiger partial charge in [0.25, 0.3) is 5.91 Å². The van der Waals surface area contributed by atoms with E-state index in [1.807, 2.05) is 35.2 Å². The Labute approximate surface area is 151 Å². The highest BCUT2D eigenvalue weighted by molar-refractivity contribution is 6.02. The molecule has 0 saturated heterocycles. The molecule has 3 aromatic rings. The van der Waals surface area contributed by atoms with Crippen molar-refractivity contribution >= 4 is 23.2 Å². The molecule has 5 nitrogen and oxygen atoms in total. The number of amides is 2. The summed E-state index contributed by atoms with van der Waals surface area (Å²) in [7, 11) is 0. The lowest BCUT2D eigenvalue weighted by molar-refractivity contribution is -0.117. The number of nitrogens with one attached hydrogen (secondary N) is 1. The standard InChI is InChI=1S/C21H18N2O3/c24-20(23-12-11-16-4-1-2-5-18(16)23)14-15-7-9-17(10-8-15)22-21(25)19-6-3-13-26-19/h1-10,13H,11-12,14H2,(H,22,25). The van der Waals surface area contributed by atoms with Gasteiger partial charge in [0.05, 0.1) is 12.7 Å². The Morgan fingerprint density at radius 1 is 1.00 bits per heavy atom. The molecule has 1 aromatic heterocycles. The Hall–Kier alpha value is -3.34. The molecule has 0 radical (unpaired) electrons. The number of fused-ring (bicyclic) bond motifs is 1. The smallest absolute Gasteiger partial charge is 0.291 e. The van der Waals surface area contributed by atoms with E-state index >= 15 is 0 Å². The summed E-state index contributed by atoms with van der Waals surface area (Å²) in [5.41, 5.74) is 3.81. The largest absolute Gasteiger partial charge is 0.459 e. The first-order chi connectivity index (χ1) is 12.7. The molecule has 0 aliphatic carbocycles. The predicted octanol–water partition coefficient (Wildman–Crippen LogP) is 3.66. The Balaban J connectivity index is 1.40. The third-order valence-corrected chi connectivity index (χ3v) is 4.50. The number of rotatable bonds is 4. The molecule has 0 fully saturated rings. The first-order valence-electron chi connectivity index (χ1n) is 8.53. The minimum absolute atomic E-state index is 0.0855. The molecular weight excluding hydrogens is 328 g/mol. The number of furan rings is 1. The summed E-state index contributed by atoms with van der Waals surface area (Å²) < 4.78 is 5.07. The maximum Gasteiger partial charge on any atom is 0.291 e. The second-order valence-electron chi connectivity index (χ2n) is 6.23. The van der Waals surface area contributed by atoms with Crippen molar-refractivity contribution in [3.8, 4) is 0 Å². The highest BCUT2D eigenvalue weighted by Gasteiger charge is 2.23. The second kappa shape index (κ2) is 6.88. The molecule has 2 heterocycles. The lowest BCUT2D eigenvalue weighted by Crippen LogP contribution is -2.30. The van der Waals surface area contributed by atoms with E-state index in [1.165, 1.54) is 11.8 Å². The highest BCUT2D eigenvalue weighted by atomic mass is 16.3. The Kier molecular flexibility index (Phi) is 4.27. The molecule has 4 rings (SSSR count). The van der Waals surface area contributed by atoms with Crippen LogP contribution < -0.4 is 10.2 Å². The van der Waals surface area contributed by atoms with Crippen LogP contribution in [0.4, 0.5) is 11.4 Å². The Morgan fingerprint density at radius 2 is 1.81 bits per heavy atom. The number of nitrogens with zero attached hydrogens (tertiary/aromatic N) is 1. The third kappa shape index (κ3) is 3.24. The minimum Gasteiger partial charge on any atom is -0.459 e. The molecule has 2 amide bonds. The van der Waals surface area contributed by atoms with Gasteiger partial charge < -0.3 is 14.6 Å². The van der Waals surface area contributed by atoms with Gasteiger partial charge in [-0.15, -0.1) is 0 Å². The van der Waals surface area contributed by atoms with Gasteiger partial charge in [-0.05, 0) is 47.9 Å². The van der Waals surface area contributed by atoms with Crippen LogP contribution in [0.1, 0.15) is 21.7 Å². The summed E-state index contributed by atoms with van der Waals surface area (Å²) in [5, 5.41) is 2.76. The molecular formula is C21H18N2O3. The minimum atomic E-state index is -0.299. The van der Waals surface area contributed by atoms with E-state index < -0.39 is 0 Å². The second-order valence-corrected chi connectivity index (χ2v) is 6.23. The molecule has 1 aliphatic heterocycles. The topological polar surface area (TPSA) is 62.6 Å². The van der Waals surface area contributed by atoms with Gasteiger partial charge in [0.1, 0.15) is 0 Å². The molecule has 1 aliphatic rings. The van der Waals surface area contributed by atoms with Gasteiger partial charge in [-0.2, -0.15) is 0 Å². The van der Waals surface area contributed by atoms with E-state index in [1.54, 1.807) is 24.3 Å². The number of hydrogen-bond acceptors (Lipinski definition) is 3. The normalized spacial score (nSPS) is 12.7. The van der Waals surface area contributed by atoms with Crippen LogP contribution in [0.15, 0.2) is 71.3 Å². The summed E-state index contributed by atoms with van der Waals surface area (Å²) in [4.78, 5) is 26.5. The lowest BCUT2D eigenvalue weighted by Gasteiger charge is -2.17. The monoisotopic (exact) mass is 346 g/mol. The average molecular weight is 346 g/mol. The lowest BCUT2D eigenvalue weighted by atomic mass is 10.1. The van der Waals surface area contributed by atoms with Crippen LogP contribution in [-0.2, 0) is 17.6 Å². The highest BCUT2D eigenvalue weighted by Crippen LogP contribution is 2.28. The van der Waals surface area contributed by atoms with Crippen LogP contribution in [0, 0.1) is 0 Å². The van der Waals surface area contributed by atoms with Crippen molar-refractivity contribution in [3.05, 3.63) is 83.8 Å². The van der Waals surface area contributed by atoms with Crippen LogP contribution in [0.5, 0.6) is 0 Å². The summed E-state index contributed by atoms with van der Waals surface area (Å²) in [5.74, 6) is 0.0479. The van der Waals surface area contributed by atoms with Gasteiger partial charge in [-0.25, -0.2) is 0 Å². The predicted molar refractivity (Wildman–Crippen MR) is 99.3 cm³/mol. The number of anilines is 2. The summed E-state index contributed by atoms with van der Waals surface area (Å²) in [6, 6.07) is 18.6. The number of carbonyl (C=O) groups excluding carboxylic acids is 2.